The molecule has 3 rings (SSSR count). The number of piperidine rings is 1. The predicted octanol–water partition coefficient (Wildman–Crippen LogP) is 4.29. The number of carbonyl (C=O) groups is 1. The highest BCUT2D eigenvalue weighted by Gasteiger charge is 2.21. The van der Waals surface area contributed by atoms with Gasteiger partial charge in [0.25, 0.3) is 0 Å². The molecule has 2 amide bonds. The summed E-state index contributed by atoms with van der Waals surface area (Å²) < 4.78 is 18.8. The molecule has 0 spiro atoms. The zero-order valence-electron chi connectivity index (χ0n) is 17.9. The predicted molar refractivity (Wildman–Crippen MR) is 117 cm³/mol. The summed E-state index contributed by atoms with van der Waals surface area (Å²) in [6, 6.07) is 15.5. The number of benzene rings is 2. The monoisotopic (exact) mass is 413 g/mol. The molecule has 2 aromatic rings. The summed E-state index contributed by atoms with van der Waals surface area (Å²) in [4.78, 5) is 14.5. The average Bonchev–Trinajstić information content (AvgIpc) is 2.76. The molecule has 0 aliphatic carbocycles. The maximum Gasteiger partial charge on any atom is 0.315 e. The van der Waals surface area contributed by atoms with Crippen LogP contribution < -0.4 is 15.4 Å². The van der Waals surface area contributed by atoms with Crippen molar-refractivity contribution in [3.63, 3.8) is 0 Å². The Morgan fingerprint density at radius 3 is 2.60 bits per heavy atom. The Hall–Kier alpha value is -2.60. The van der Waals surface area contributed by atoms with Crippen LogP contribution in [0.25, 0.3) is 0 Å². The number of amides is 2. The van der Waals surface area contributed by atoms with Gasteiger partial charge in [-0.25, -0.2) is 9.18 Å². The molecule has 0 radical (unpaired) electrons. The number of ether oxygens (including phenoxy) is 1. The van der Waals surface area contributed by atoms with Crippen molar-refractivity contribution in [3.8, 4) is 5.75 Å². The van der Waals surface area contributed by atoms with Crippen molar-refractivity contribution >= 4 is 6.03 Å². The van der Waals surface area contributed by atoms with E-state index in [1.165, 1.54) is 18.7 Å². The second kappa shape index (κ2) is 11.0. The number of methoxy groups -OCH3 is 1. The van der Waals surface area contributed by atoms with Crippen LogP contribution in [0.3, 0.4) is 0 Å². The van der Waals surface area contributed by atoms with Crippen LogP contribution in [-0.4, -0.2) is 43.7 Å². The number of nitrogens with one attached hydrogen (secondary N) is 2. The fraction of sp³-hybridized carbons (Fsp3) is 0.458. The minimum atomic E-state index is -0.329. The van der Waals surface area contributed by atoms with Gasteiger partial charge in [-0.05, 0) is 48.4 Å². The van der Waals surface area contributed by atoms with Crippen LogP contribution in [0.5, 0.6) is 5.75 Å². The lowest BCUT2D eigenvalue weighted by Crippen LogP contribution is -2.47. The number of hydrogen-bond donors (Lipinski definition) is 2. The van der Waals surface area contributed by atoms with Gasteiger partial charge in [-0.2, -0.15) is 0 Å². The van der Waals surface area contributed by atoms with Gasteiger partial charge in [-0.15, -0.1) is 0 Å². The molecular weight excluding hydrogens is 381 g/mol. The maximum absolute atomic E-state index is 13.9. The topological polar surface area (TPSA) is 53.6 Å². The first kappa shape index (κ1) is 22.1. The molecular formula is C24H32FN3O2. The van der Waals surface area contributed by atoms with Gasteiger partial charge in [0, 0.05) is 32.2 Å². The molecule has 30 heavy (non-hydrogen) atoms. The zero-order valence-corrected chi connectivity index (χ0v) is 17.9. The van der Waals surface area contributed by atoms with Gasteiger partial charge in [0.05, 0.1) is 7.11 Å². The fourth-order valence-corrected chi connectivity index (χ4v) is 3.89. The second-order valence-electron chi connectivity index (χ2n) is 8.02. The van der Waals surface area contributed by atoms with Crippen molar-refractivity contribution in [2.24, 2.45) is 0 Å². The SMILES string of the molecule is COc1ccc(CN2CCC(NC(=O)NCCC(C)c3ccccc3)CC2)cc1F. The van der Waals surface area contributed by atoms with Gasteiger partial charge in [0.1, 0.15) is 0 Å². The molecule has 6 heteroatoms. The zero-order chi connectivity index (χ0) is 21.3. The number of hydrogen-bond acceptors (Lipinski definition) is 3. The Bertz CT molecular complexity index is 807. The van der Waals surface area contributed by atoms with Crippen LogP contribution in [0.1, 0.15) is 43.2 Å². The van der Waals surface area contributed by atoms with Gasteiger partial charge in [0.2, 0.25) is 0 Å². The number of nitrogens with zero attached hydrogens (tertiary/aromatic N) is 1. The van der Waals surface area contributed by atoms with E-state index in [0.717, 1.165) is 37.9 Å². The largest absolute Gasteiger partial charge is 0.494 e. The van der Waals surface area contributed by atoms with Crippen molar-refractivity contribution in [1.82, 2.24) is 15.5 Å². The third-order valence-corrected chi connectivity index (χ3v) is 5.78. The quantitative estimate of drug-likeness (QED) is 0.679. The van der Waals surface area contributed by atoms with Gasteiger partial charge >= 0.3 is 6.03 Å². The highest BCUT2D eigenvalue weighted by Crippen LogP contribution is 2.20. The number of rotatable bonds is 8. The van der Waals surface area contributed by atoms with Crippen LogP contribution in [0.15, 0.2) is 48.5 Å². The van der Waals surface area contributed by atoms with Crippen LogP contribution in [0.2, 0.25) is 0 Å². The third-order valence-electron chi connectivity index (χ3n) is 5.78. The minimum Gasteiger partial charge on any atom is -0.494 e. The van der Waals surface area contributed by atoms with Crippen LogP contribution in [0.4, 0.5) is 9.18 Å². The van der Waals surface area contributed by atoms with E-state index < -0.39 is 0 Å². The number of halogens is 1. The van der Waals surface area contributed by atoms with E-state index in [-0.39, 0.29) is 23.6 Å². The fourth-order valence-electron chi connectivity index (χ4n) is 3.89. The first-order valence-electron chi connectivity index (χ1n) is 10.7. The maximum atomic E-state index is 13.9. The van der Waals surface area contributed by atoms with E-state index in [4.69, 9.17) is 4.74 Å². The molecule has 0 saturated carbocycles. The van der Waals surface area contributed by atoms with Gasteiger partial charge < -0.3 is 15.4 Å². The molecule has 1 atom stereocenters. The van der Waals surface area contributed by atoms with E-state index in [9.17, 15) is 9.18 Å². The molecule has 1 aliphatic rings. The lowest BCUT2D eigenvalue weighted by atomic mass is 9.98. The smallest absolute Gasteiger partial charge is 0.315 e. The van der Waals surface area contributed by atoms with E-state index in [1.807, 2.05) is 24.3 Å². The van der Waals surface area contributed by atoms with E-state index in [2.05, 4.69) is 34.6 Å². The highest BCUT2D eigenvalue weighted by atomic mass is 19.1. The first-order valence-corrected chi connectivity index (χ1v) is 10.7. The molecule has 2 N–H and O–H groups in total. The van der Waals surface area contributed by atoms with Crippen molar-refractivity contribution < 1.29 is 13.9 Å². The molecule has 1 saturated heterocycles. The Morgan fingerprint density at radius 1 is 1.20 bits per heavy atom. The summed E-state index contributed by atoms with van der Waals surface area (Å²) in [5, 5.41) is 6.07. The molecule has 2 aromatic carbocycles. The Kier molecular flexibility index (Phi) is 8.08. The molecule has 5 nitrogen and oxygen atoms in total. The normalized spacial score (nSPS) is 16.1. The summed E-state index contributed by atoms with van der Waals surface area (Å²) in [5.41, 5.74) is 2.23. The van der Waals surface area contributed by atoms with Crippen molar-refractivity contribution in [2.45, 2.75) is 44.7 Å². The molecule has 162 valence electrons. The highest BCUT2D eigenvalue weighted by molar-refractivity contribution is 5.74. The Balaban J connectivity index is 1.34. The second-order valence-corrected chi connectivity index (χ2v) is 8.02. The van der Waals surface area contributed by atoms with Crippen LogP contribution >= 0.6 is 0 Å². The van der Waals surface area contributed by atoms with Gasteiger partial charge in [0.15, 0.2) is 11.6 Å². The number of urea groups is 1. The molecule has 1 heterocycles. The van der Waals surface area contributed by atoms with Crippen molar-refractivity contribution in [3.05, 3.63) is 65.5 Å². The summed E-state index contributed by atoms with van der Waals surface area (Å²) in [6.45, 7) is 5.30. The first-order chi connectivity index (χ1) is 14.5. The summed E-state index contributed by atoms with van der Waals surface area (Å²) in [5.74, 6) is 0.355. The molecule has 0 aromatic heterocycles. The number of carbonyl (C=O) groups excluding carboxylic acids is 1. The summed E-state index contributed by atoms with van der Waals surface area (Å²) in [6.07, 6.45) is 2.70. The third kappa shape index (κ3) is 6.46. The summed E-state index contributed by atoms with van der Waals surface area (Å²) in [7, 11) is 1.47. The lowest BCUT2D eigenvalue weighted by molar-refractivity contribution is 0.186. The molecule has 0 bridgehead atoms. The lowest BCUT2D eigenvalue weighted by Gasteiger charge is -2.32. The van der Waals surface area contributed by atoms with E-state index >= 15 is 0 Å². The standard InChI is InChI=1S/C24H32FN3O2/c1-18(20-6-4-3-5-7-20)10-13-26-24(29)27-21-11-14-28(15-12-21)17-19-8-9-23(30-2)22(25)16-19/h3-9,16,18,21H,10-15,17H2,1-2H3,(H2,26,27,29). The molecule has 1 unspecified atom stereocenters. The molecule has 1 aliphatic heterocycles. The Morgan fingerprint density at radius 2 is 1.93 bits per heavy atom. The van der Waals surface area contributed by atoms with Gasteiger partial charge in [-0.1, -0.05) is 43.3 Å². The van der Waals surface area contributed by atoms with E-state index in [0.29, 0.717) is 19.0 Å². The average molecular weight is 414 g/mol. The van der Waals surface area contributed by atoms with Crippen LogP contribution in [-0.2, 0) is 6.54 Å². The summed E-state index contributed by atoms with van der Waals surface area (Å²) >= 11 is 0. The van der Waals surface area contributed by atoms with E-state index in [1.54, 1.807) is 6.07 Å². The van der Waals surface area contributed by atoms with Gasteiger partial charge in [-0.3, -0.25) is 4.90 Å². The molecule has 1 fully saturated rings. The van der Waals surface area contributed by atoms with Crippen molar-refractivity contribution in [2.75, 3.05) is 26.7 Å². The Labute approximate surface area is 178 Å². The van der Waals surface area contributed by atoms with Crippen LogP contribution in [0, 0.1) is 5.82 Å². The minimum absolute atomic E-state index is 0.0917. The van der Waals surface area contributed by atoms with Crippen molar-refractivity contribution in [1.29, 1.82) is 0 Å². The number of likely N-dealkylation sites (tertiary alicyclic amines) is 1.